The Hall–Kier alpha value is -3.69. The molecule has 0 aromatic heterocycles. The van der Waals surface area contributed by atoms with Gasteiger partial charge in [0.05, 0.1) is 0 Å². The highest BCUT2D eigenvalue weighted by molar-refractivity contribution is 5.62. The summed E-state index contributed by atoms with van der Waals surface area (Å²) in [6, 6.07) is 48.0. The maximum atomic E-state index is 9.00. The molecule has 0 atom stereocenters. The second-order valence-electron chi connectivity index (χ2n) is 5.55. The summed E-state index contributed by atoms with van der Waals surface area (Å²) in [5.74, 6) is -0.833. The second kappa shape index (κ2) is 32.0. The molecular weight excluding hydrogens is 394 g/mol. The van der Waals surface area contributed by atoms with E-state index in [4.69, 9.17) is 15.6 Å². The molecule has 0 heterocycles. The molecular formula is C29H39NO2. The van der Waals surface area contributed by atoms with Gasteiger partial charge in [0, 0.05) is 6.92 Å². The van der Waals surface area contributed by atoms with Crippen LogP contribution in [0.5, 0.6) is 0 Å². The molecule has 0 aliphatic heterocycles. The highest BCUT2D eigenvalue weighted by Gasteiger charge is 1.65. The molecule has 0 saturated heterocycles. The van der Waals surface area contributed by atoms with Crippen LogP contribution in [0.4, 0.5) is 0 Å². The topological polar surface area (TPSA) is 63.3 Å². The summed E-state index contributed by atoms with van der Waals surface area (Å²) in [4.78, 5) is 9.00. The third-order valence-corrected chi connectivity index (χ3v) is 2.67. The zero-order valence-electron chi connectivity index (χ0n) is 18.5. The third-order valence-electron chi connectivity index (χ3n) is 2.67. The van der Waals surface area contributed by atoms with E-state index in [0.29, 0.717) is 0 Å². The Bertz CT molecular complexity index is 528. The van der Waals surface area contributed by atoms with E-state index in [1.165, 1.54) is 0 Å². The molecule has 3 nitrogen and oxygen atoms in total. The van der Waals surface area contributed by atoms with Crippen molar-refractivity contribution in [1.29, 1.82) is 0 Å². The van der Waals surface area contributed by atoms with Crippen molar-refractivity contribution in [2.24, 2.45) is 5.73 Å². The Morgan fingerprint density at radius 2 is 0.531 bits per heavy atom. The van der Waals surface area contributed by atoms with E-state index in [1.807, 2.05) is 153 Å². The standard InChI is InChI=1S/4C6H6.C2H7N.C2H4O2.CH4/c4*1-2-4-6-5-3-1;1-2-3;1-2(3)4;/h4*1-6H;2-3H2,1H3;1H3,(H,3,4);1H4. The summed E-state index contributed by atoms with van der Waals surface area (Å²) in [7, 11) is 0. The first-order chi connectivity index (χ1) is 15.1. The van der Waals surface area contributed by atoms with Crippen LogP contribution in [0.1, 0.15) is 21.3 Å². The molecule has 0 saturated carbocycles. The smallest absolute Gasteiger partial charge is 0.300 e. The summed E-state index contributed by atoms with van der Waals surface area (Å²) in [5.41, 5.74) is 4.85. The van der Waals surface area contributed by atoms with E-state index in [1.54, 1.807) is 0 Å². The van der Waals surface area contributed by atoms with Crippen molar-refractivity contribution in [3.8, 4) is 0 Å². The van der Waals surface area contributed by atoms with Crippen molar-refractivity contribution in [3.63, 3.8) is 0 Å². The maximum Gasteiger partial charge on any atom is 0.300 e. The van der Waals surface area contributed by atoms with Gasteiger partial charge in [0.2, 0.25) is 0 Å². The van der Waals surface area contributed by atoms with Gasteiger partial charge in [-0.1, -0.05) is 160 Å². The molecule has 0 aliphatic carbocycles. The van der Waals surface area contributed by atoms with Crippen LogP contribution in [0.25, 0.3) is 0 Å². The lowest BCUT2D eigenvalue weighted by atomic mass is 10.4. The Balaban J connectivity index is -0.000000319. The van der Waals surface area contributed by atoms with Crippen molar-refractivity contribution in [1.82, 2.24) is 0 Å². The number of carbonyl (C=O) groups is 1. The molecule has 0 radical (unpaired) electrons. The fraction of sp³-hybridized carbons (Fsp3) is 0.138. The number of aliphatic carboxylic acids is 1. The second-order valence-corrected chi connectivity index (χ2v) is 5.55. The first-order valence-electron chi connectivity index (χ1n) is 10.0. The fourth-order valence-electron chi connectivity index (χ4n) is 1.54. The molecule has 3 N–H and O–H groups in total. The number of benzene rings is 4. The lowest BCUT2D eigenvalue weighted by Gasteiger charge is -1.69. The summed E-state index contributed by atoms with van der Waals surface area (Å²) in [6.07, 6.45) is 0. The van der Waals surface area contributed by atoms with Gasteiger partial charge in [0.25, 0.3) is 5.97 Å². The largest absolute Gasteiger partial charge is 0.481 e. The number of rotatable bonds is 0. The van der Waals surface area contributed by atoms with Crippen molar-refractivity contribution in [2.75, 3.05) is 6.54 Å². The van der Waals surface area contributed by atoms with E-state index in [9.17, 15) is 0 Å². The van der Waals surface area contributed by atoms with Crippen LogP contribution in [0.15, 0.2) is 146 Å². The Kier molecular flexibility index (Phi) is 32.9. The molecule has 0 spiro atoms. The molecule has 172 valence electrons. The minimum atomic E-state index is -0.833. The van der Waals surface area contributed by atoms with Crippen LogP contribution in [-0.2, 0) is 4.79 Å². The highest BCUT2D eigenvalue weighted by atomic mass is 16.4. The molecule has 4 rings (SSSR count). The lowest BCUT2D eigenvalue weighted by molar-refractivity contribution is -0.134. The molecule has 0 bridgehead atoms. The van der Waals surface area contributed by atoms with Gasteiger partial charge < -0.3 is 10.8 Å². The summed E-state index contributed by atoms with van der Waals surface area (Å²) >= 11 is 0. The van der Waals surface area contributed by atoms with Crippen molar-refractivity contribution in [2.45, 2.75) is 21.3 Å². The first-order valence-corrected chi connectivity index (χ1v) is 10.0. The molecule has 0 aliphatic rings. The van der Waals surface area contributed by atoms with E-state index in [-0.39, 0.29) is 7.43 Å². The molecule has 32 heavy (non-hydrogen) atoms. The monoisotopic (exact) mass is 433 g/mol. The fourth-order valence-corrected chi connectivity index (χ4v) is 1.54. The number of hydrogen-bond donors (Lipinski definition) is 2. The molecule has 4 aromatic rings. The predicted octanol–water partition coefficient (Wildman–Crippen LogP) is 7.44. The van der Waals surface area contributed by atoms with Crippen LogP contribution >= 0.6 is 0 Å². The molecule has 0 fully saturated rings. The zero-order chi connectivity index (χ0) is 23.3. The molecule has 0 amide bonds. The quantitative estimate of drug-likeness (QED) is 0.303. The van der Waals surface area contributed by atoms with Gasteiger partial charge in [0.1, 0.15) is 0 Å². The van der Waals surface area contributed by atoms with E-state index in [2.05, 4.69) is 0 Å². The van der Waals surface area contributed by atoms with Crippen molar-refractivity contribution >= 4 is 5.97 Å². The SMILES string of the molecule is C.CC(=O)O.CCN.c1ccccc1.c1ccccc1.c1ccccc1.c1ccccc1. The predicted molar refractivity (Wildman–Crippen MR) is 141 cm³/mol. The average Bonchev–Trinajstić information content (AvgIpc) is 2.85. The van der Waals surface area contributed by atoms with Gasteiger partial charge in [-0.15, -0.1) is 0 Å². The van der Waals surface area contributed by atoms with E-state index >= 15 is 0 Å². The summed E-state index contributed by atoms with van der Waals surface area (Å²) in [6.45, 7) is 3.74. The molecule has 4 aromatic carbocycles. The average molecular weight is 434 g/mol. The minimum Gasteiger partial charge on any atom is -0.481 e. The Labute approximate surface area is 195 Å². The number of carboxylic acids is 1. The summed E-state index contributed by atoms with van der Waals surface area (Å²) < 4.78 is 0. The Morgan fingerprint density at radius 1 is 0.500 bits per heavy atom. The van der Waals surface area contributed by atoms with Crippen LogP contribution in [0, 0.1) is 0 Å². The Morgan fingerprint density at radius 3 is 0.562 bits per heavy atom. The third kappa shape index (κ3) is 40.9. The van der Waals surface area contributed by atoms with Crippen LogP contribution in [0.2, 0.25) is 0 Å². The van der Waals surface area contributed by atoms with E-state index in [0.717, 1.165) is 13.5 Å². The van der Waals surface area contributed by atoms with Gasteiger partial charge in [0.15, 0.2) is 0 Å². The highest BCUT2D eigenvalue weighted by Crippen LogP contribution is 1.81. The normalized spacial score (nSPS) is 7.34. The summed E-state index contributed by atoms with van der Waals surface area (Å²) in [5, 5.41) is 7.42. The minimum absolute atomic E-state index is 0. The van der Waals surface area contributed by atoms with Crippen molar-refractivity contribution in [3.05, 3.63) is 146 Å². The van der Waals surface area contributed by atoms with Gasteiger partial charge >= 0.3 is 0 Å². The first kappa shape index (κ1) is 33.0. The zero-order valence-corrected chi connectivity index (χ0v) is 18.5. The van der Waals surface area contributed by atoms with Crippen LogP contribution in [0.3, 0.4) is 0 Å². The maximum absolute atomic E-state index is 9.00. The number of nitrogens with two attached hydrogens (primary N) is 1. The van der Waals surface area contributed by atoms with Crippen molar-refractivity contribution < 1.29 is 9.90 Å². The lowest BCUT2D eigenvalue weighted by Crippen LogP contribution is -1.87. The van der Waals surface area contributed by atoms with Gasteiger partial charge in [-0.2, -0.15) is 0 Å². The van der Waals surface area contributed by atoms with Gasteiger partial charge in [-0.25, -0.2) is 0 Å². The molecule has 3 heteroatoms. The number of carboxylic acid groups (broad SMARTS) is 1. The van der Waals surface area contributed by atoms with Crippen LogP contribution in [-0.4, -0.2) is 17.6 Å². The van der Waals surface area contributed by atoms with Gasteiger partial charge in [-0.05, 0) is 6.54 Å². The van der Waals surface area contributed by atoms with E-state index < -0.39 is 5.97 Å². The molecule has 0 unspecified atom stereocenters. The van der Waals surface area contributed by atoms with Crippen LogP contribution < -0.4 is 5.73 Å². The number of hydrogen-bond acceptors (Lipinski definition) is 2. The van der Waals surface area contributed by atoms with Gasteiger partial charge in [-0.3, -0.25) is 4.79 Å².